The minimum atomic E-state index is -0.745. The van der Waals surface area contributed by atoms with E-state index in [0.717, 1.165) is 0 Å². The first-order valence-electron chi connectivity index (χ1n) is 12.9. The second kappa shape index (κ2) is 11.3. The molecule has 0 aliphatic carbocycles. The summed E-state index contributed by atoms with van der Waals surface area (Å²) in [6, 6.07) is 17.9. The molecule has 0 fully saturated rings. The number of rotatable bonds is 10. The number of hydrogen-bond donors (Lipinski definition) is 5. The Morgan fingerprint density at radius 3 is 2.73 bits per heavy atom. The summed E-state index contributed by atoms with van der Waals surface area (Å²) in [7, 11) is 0. The molecule has 0 radical (unpaired) electrons. The van der Waals surface area contributed by atoms with Gasteiger partial charge in [-0.05, 0) is 42.8 Å². The number of aromatic amines is 1. The average molecular weight is 552 g/mol. The number of H-pyrrole nitrogens is 1. The number of imidazole rings is 1. The zero-order chi connectivity index (χ0) is 28.2. The van der Waals surface area contributed by atoms with Gasteiger partial charge >= 0.3 is 5.91 Å². The molecule has 0 spiro atoms. The van der Waals surface area contributed by atoms with Crippen molar-refractivity contribution in [2.45, 2.75) is 19.4 Å². The van der Waals surface area contributed by atoms with Gasteiger partial charge < -0.3 is 20.0 Å². The van der Waals surface area contributed by atoms with E-state index in [9.17, 15) is 9.59 Å². The van der Waals surface area contributed by atoms with Crippen molar-refractivity contribution in [3.63, 3.8) is 0 Å². The third kappa shape index (κ3) is 5.21. The maximum absolute atomic E-state index is 14.0. The Morgan fingerprint density at radius 1 is 1.00 bits per heavy atom. The van der Waals surface area contributed by atoms with Crippen LogP contribution in [0.15, 0.2) is 82.5 Å². The molecule has 0 bridgehead atoms. The molecule has 0 atom stereocenters. The fraction of sp³-hybridized carbons (Fsp3) is 0.143. The van der Waals surface area contributed by atoms with Crippen molar-refractivity contribution in [2.24, 2.45) is 0 Å². The van der Waals surface area contributed by atoms with Crippen molar-refractivity contribution in [1.82, 2.24) is 35.0 Å². The number of aryl methyl sites for hydroxylation is 1. The van der Waals surface area contributed by atoms with Crippen LogP contribution in [0, 0.1) is 0 Å². The van der Waals surface area contributed by atoms with E-state index in [4.69, 9.17) is 14.6 Å². The van der Waals surface area contributed by atoms with Crippen LogP contribution in [0.25, 0.3) is 27.8 Å². The summed E-state index contributed by atoms with van der Waals surface area (Å²) in [5, 5.41) is 15.8. The molecule has 4 aromatic heterocycles. The third-order valence-electron chi connectivity index (χ3n) is 6.51. The first-order chi connectivity index (χ1) is 20.1. The smallest absolute Gasteiger partial charge is 0.310 e. The standard InChI is InChI=1S/C28H25N9O4/c38-27(36-40)21-12-11-18(41-21)14-30-19-8-4-9-20-23(19)28(39)37(17-6-2-1-3-7-17)22(35-20)10-5-13-29-25-24-26(32-15-31-24)34-16-33-25/h1-4,6-9,11-12,15-16,30,40H,5,10,13-14H2,(H,36,38)(H2,29,31,32,33,34). The number of hydrogen-bond acceptors (Lipinski definition) is 10. The van der Waals surface area contributed by atoms with Crippen molar-refractivity contribution in [1.29, 1.82) is 0 Å². The second-order valence-electron chi connectivity index (χ2n) is 9.12. The molecule has 1 amide bonds. The average Bonchev–Trinajstić information content (AvgIpc) is 3.69. The minimum Gasteiger partial charge on any atom is -0.454 e. The fourth-order valence-electron chi connectivity index (χ4n) is 4.61. The molecule has 13 heteroatoms. The summed E-state index contributed by atoms with van der Waals surface area (Å²) in [6.45, 7) is 0.797. The van der Waals surface area contributed by atoms with Crippen LogP contribution in [0.5, 0.6) is 0 Å². The van der Waals surface area contributed by atoms with Crippen molar-refractivity contribution in [3.8, 4) is 5.69 Å². The van der Waals surface area contributed by atoms with Gasteiger partial charge in [0, 0.05) is 18.7 Å². The maximum Gasteiger partial charge on any atom is 0.310 e. The van der Waals surface area contributed by atoms with Gasteiger partial charge in [-0.3, -0.25) is 19.4 Å². The normalized spacial score (nSPS) is 11.1. The number of nitrogens with zero attached hydrogens (tertiary/aromatic N) is 5. The lowest BCUT2D eigenvalue weighted by atomic mass is 10.1. The van der Waals surface area contributed by atoms with Crippen LogP contribution < -0.4 is 21.7 Å². The molecule has 4 heterocycles. The molecule has 6 aromatic rings. The van der Waals surface area contributed by atoms with Gasteiger partial charge in [0.05, 0.1) is 29.5 Å². The van der Waals surface area contributed by atoms with Crippen LogP contribution in [-0.2, 0) is 13.0 Å². The number of benzene rings is 2. The summed E-state index contributed by atoms with van der Waals surface area (Å²) in [6.07, 6.45) is 4.26. The summed E-state index contributed by atoms with van der Waals surface area (Å²) in [5.41, 5.74) is 4.51. The Labute approximate surface area is 232 Å². The van der Waals surface area contributed by atoms with Gasteiger partial charge in [0.15, 0.2) is 17.2 Å². The molecule has 0 unspecified atom stereocenters. The highest BCUT2D eigenvalue weighted by molar-refractivity contribution is 5.91. The molecule has 0 saturated carbocycles. The Bertz CT molecular complexity index is 1900. The van der Waals surface area contributed by atoms with E-state index < -0.39 is 5.91 Å². The Kier molecular flexibility index (Phi) is 7.07. The van der Waals surface area contributed by atoms with Gasteiger partial charge in [0.25, 0.3) is 5.56 Å². The number of fused-ring (bicyclic) bond motifs is 2. The van der Waals surface area contributed by atoms with Crippen LogP contribution in [0.1, 0.15) is 28.6 Å². The monoisotopic (exact) mass is 551 g/mol. The quantitative estimate of drug-likeness (QED) is 0.0963. The van der Waals surface area contributed by atoms with E-state index in [1.165, 1.54) is 12.4 Å². The Balaban J connectivity index is 1.28. The molecule has 206 valence electrons. The van der Waals surface area contributed by atoms with Crippen LogP contribution in [-0.4, -0.2) is 47.1 Å². The number of hydroxylamine groups is 1. The number of amides is 1. The molecule has 41 heavy (non-hydrogen) atoms. The van der Waals surface area contributed by atoms with E-state index in [1.807, 2.05) is 42.5 Å². The van der Waals surface area contributed by atoms with Crippen LogP contribution in [0.2, 0.25) is 0 Å². The highest BCUT2D eigenvalue weighted by Gasteiger charge is 2.17. The highest BCUT2D eigenvalue weighted by atomic mass is 16.5. The molecular weight excluding hydrogens is 526 g/mol. The molecule has 13 nitrogen and oxygen atoms in total. The number of furan rings is 1. The molecule has 2 aromatic carbocycles. The van der Waals surface area contributed by atoms with Crippen LogP contribution in [0.3, 0.4) is 0 Å². The topological polar surface area (TPSA) is 176 Å². The van der Waals surface area contributed by atoms with E-state index in [1.54, 1.807) is 28.5 Å². The van der Waals surface area contributed by atoms with Crippen molar-refractivity contribution >= 4 is 39.5 Å². The number of para-hydroxylation sites is 1. The van der Waals surface area contributed by atoms with E-state index >= 15 is 0 Å². The lowest BCUT2D eigenvalue weighted by Gasteiger charge is -2.16. The van der Waals surface area contributed by atoms with E-state index in [2.05, 4.69) is 30.6 Å². The molecule has 6 rings (SSSR count). The molecule has 0 aliphatic rings. The predicted molar refractivity (Wildman–Crippen MR) is 151 cm³/mol. The lowest BCUT2D eigenvalue weighted by molar-refractivity contribution is 0.0674. The second-order valence-corrected chi connectivity index (χ2v) is 9.12. The maximum atomic E-state index is 14.0. The molecule has 0 saturated heterocycles. The molecular formula is C28H25N9O4. The zero-order valence-electron chi connectivity index (χ0n) is 21.7. The zero-order valence-corrected chi connectivity index (χ0v) is 21.7. The summed E-state index contributed by atoms with van der Waals surface area (Å²) < 4.78 is 7.11. The summed E-state index contributed by atoms with van der Waals surface area (Å²) in [5.74, 6) is 0.955. The summed E-state index contributed by atoms with van der Waals surface area (Å²) >= 11 is 0. The van der Waals surface area contributed by atoms with Crippen molar-refractivity contribution in [3.05, 3.63) is 101 Å². The molecule has 0 aliphatic heterocycles. The van der Waals surface area contributed by atoms with E-state index in [-0.39, 0.29) is 17.9 Å². The van der Waals surface area contributed by atoms with Gasteiger partial charge in [0.2, 0.25) is 0 Å². The largest absolute Gasteiger partial charge is 0.454 e. The van der Waals surface area contributed by atoms with Gasteiger partial charge in [-0.2, -0.15) is 0 Å². The number of nitrogens with one attached hydrogen (secondary N) is 4. The number of carbonyl (C=O) groups excluding carboxylic acids is 1. The number of anilines is 2. The first-order valence-corrected chi connectivity index (χ1v) is 12.9. The van der Waals surface area contributed by atoms with Gasteiger partial charge in [-0.25, -0.2) is 25.4 Å². The SMILES string of the molecule is O=C(NO)c1ccc(CNc2cccc3nc(CCCNc4ncnc5[nH]cnc45)n(-c4ccccc4)c(=O)c23)o1. The van der Waals surface area contributed by atoms with Gasteiger partial charge in [-0.1, -0.05) is 24.3 Å². The number of carbonyl (C=O) groups is 1. The fourth-order valence-corrected chi connectivity index (χ4v) is 4.61. The van der Waals surface area contributed by atoms with Crippen LogP contribution >= 0.6 is 0 Å². The van der Waals surface area contributed by atoms with Crippen molar-refractivity contribution < 1.29 is 14.4 Å². The van der Waals surface area contributed by atoms with E-state index in [0.29, 0.717) is 70.2 Å². The Hall–Kier alpha value is -5.56. The predicted octanol–water partition coefficient (Wildman–Crippen LogP) is 3.42. The van der Waals surface area contributed by atoms with Gasteiger partial charge in [0.1, 0.15) is 23.4 Å². The lowest BCUT2D eigenvalue weighted by Crippen LogP contribution is -2.25. The summed E-state index contributed by atoms with van der Waals surface area (Å²) in [4.78, 5) is 46.2. The highest BCUT2D eigenvalue weighted by Crippen LogP contribution is 2.23. The first kappa shape index (κ1) is 25.7. The third-order valence-corrected chi connectivity index (χ3v) is 6.51. The number of aromatic nitrogens is 6. The van der Waals surface area contributed by atoms with Gasteiger partial charge in [-0.15, -0.1) is 0 Å². The Morgan fingerprint density at radius 2 is 1.88 bits per heavy atom. The van der Waals surface area contributed by atoms with Crippen molar-refractivity contribution in [2.75, 3.05) is 17.2 Å². The minimum absolute atomic E-state index is 0.0251. The molecule has 5 N–H and O–H groups in total. The van der Waals surface area contributed by atoms with Crippen LogP contribution in [0.4, 0.5) is 11.5 Å².